The lowest BCUT2D eigenvalue weighted by atomic mass is 10.1. The molecule has 0 spiro atoms. The van der Waals surface area contributed by atoms with E-state index in [-0.39, 0.29) is 5.54 Å². The number of guanidine groups is 1. The molecule has 0 aromatic carbocycles. The van der Waals surface area contributed by atoms with Gasteiger partial charge in [-0.25, -0.2) is 4.98 Å². The Morgan fingerprint density at radius 1 is 1.37 bits per heavy atom. The molecule has 0 amide bonds. The maximum Gasteiger partial charge on any atom is 0.191 e. The van der Waals surface area contributed by atoms with Crippen molar-refractivity contribution >= 4 is 17.3 Å². The van der Waals surface area contributed by atoms with Crippen LogP contribution in [0.1, 0.15) is 43.3 Å². The Morgan fingerprint density at radius 2 is 2.05 bits per heavy atom. The standard InChI is InChI=1S/C14H26N4S/c1-7-11-10(2)19-12(17-11)8-9-16-13(15-6)18-14(3,4)5/h7-9H2,1-6H3,(H2,15,16,18). The highest BCUT2D eigenvalue weighted by Crippen LogP contribution is 2.17. The predicted octanol–water partition coefficient (Wildman–Crippen LogP) is 2.52. The van der Waals surface area contributed by atoms with Crippen LogP contribution >= 0.6 is 11.3 Å². The Kier molecular flexibility index (Phi) is 5.79. The van der Waals surface area contributed by atoms with Gasteiger partial charge in [-0.15, -0.1) is 11.3 Å². The molecule has 1 aromatic heterocycles. The number of aryl methyl sites for hydroxylation is 2. The number of nitrogens with zero attached hydrogens (tertiary/aromatic N) is 2. The molecule has 0 aliphatic heterocycles. The van der Waals surface area contributed by atoms with Crippen LogP contribution in [0.2, 0.25) is 0 Å². The van der Waals surface area contributed by atoms with Crippen molar-refractivity contribution in [1.29, 1.82) is 0 Å². The van der Waals surface area contributed by atoms with Gasteiger partial charge in [-0.1, -0.05) is 6.92 Å². The average molecular weight is 282 g/mol. The fraction of sp³-hybridized carbons (Fsp3) is 0.714. The summed E-state index contributed by atoms with van der Waals surface area (Å²) in [6.07, 6.45) is 1.96. The molecule has 1 rings (SSSR count). The summed E-state index contributed by atoms with van der Waals surface area (Å²) in [5.41, 5.74) is 1.26. The molecular weight excluding hydrogens is 256 g/mol. The molecule has 0 atom stereocenters. The Bertz CT molecular complexity index is 429. The summed E-state index contributed by atoms with van der Waals surface area (Å²) in [4.78, 5) is 10.2. The molecule has 0 unspecified atom stereocenters. The average Bonchev–Trinajstić information content (AvgIpc) is 2.67. The second-order valence-electron chi connectivity index (χ2n) is 5.59. The fourth-order valence-corrected chi connectivity index (χ4v) is 2.77. The van der Waals surface area contributed by atoms with Crippen LogP contribution in [0, 0.1) is 6.92 Å². The van der Waals surface area contributed by atoms with Gasteiger partial charge >= 0.3 is 0 Å². The van der Waals surface area contributed by atoms with Crippen LogP contribution in [-0.2, 0) is 12.8 Å². The minimum atomic E-state index is 0.0228. The van der Waals surface area contributed by atoms with Crippen LogP contribution in [0.4, 0.5) is 0 Å². The minimum Gasteiger partial charge on any atom is -0.356 e. The fourth-order valence-electron chi connectivity index (χ4n) is 1.74. The molecule has 0 fully saturated rings. The van der Waals surface area contributed by atoms with Gasteiger partial charge in [0.05, 0.1) is 10.7 Å². The van der Waals surface area contributed by atoms with Crippen molar-refractivity contribution in [3.05, 3.63) is 15.6 Å². The molecular formula is C14H26N4S. The van der Waals surface area contributed by atoms with E-state index in [0.717, 1.165) is 25.3 Å². The number of hydrogen-bond acceptors (Lipinski definition) is 3. The van der Waals surface area contributed by atoms with E-state index in [2.05, 4.69) is 55.2 Å². The Labute approximate surface area is 120 Å². The highest BCUT2D eigenvalue weighted by atomic mass is 32.1. The zero-order valence-corrected chi connectivity index (χ0v) is 13.7. The first-order valence-electron chi connectivity index (χ1n) is 6.79. The van der Waals surface area contributed by atoms with Crippen molar-refractivity contribution in [2.45, 2.75) is 53.0 Å². The number of hydrogen-bond donors (Lipinski definition) is 2. The largest absolute Gasteiger partial charge is 0.356 e. The Hall–Kier alpha value is -1.10. The van der Waals surface area contributed by atoms with E-state index >= 15 is 0 Å². The van der Waals surface area contributed by atoms with Crippen LogP contribution < -0.4 is 10.6 Å². The molecule has 0 radical (unpaired) electrons. The van der Waals surface area contributed by atoms with Crippen LogP contribution in [0.5, 0.6) is 0 Å². The van der Waals surface area contributed by atoms with Crippen molar-refractivity contribution in [2.75, 3.05) is 13.6 Å². The summed E-state index contributed by atoms with van der Waals surface area (Å²) in [6.45, 7) is 11.5. The van der Waals surface area contributed by atoms with Crippen molar-refractivity contribution in [3.63, 3.8) is 0 Å². The third-order valence-corrected chi connectivity index (χ3v) is 3.69. The summed E-state index contributed by atoms with van der Waals surface area (Å²) in [5.74, 6) is 0.844. The number of thiazole rings is 1. The number of rotatable bonds is 4. The maximum absolute atomic E-state index is 4.64. The quantitative estimate of drug-likeness (QED) is 0.659. The second-order valence-corrected chi connectivity index (χ2v) is 6.88. The first-order chi connectivity index (χ1) is 8.85. The molecule has 0 saturated heterocycles. The third kappa shape index (κ3) is 5.59. The molecule has 19 heavy (non-hydrogen) atoms. The lowest BCUT2D eigenvalue weighted by Crippen LogP contribution is -2.48. The van der Waals surface area contributed by atoms with Gasteiger partial charge in [0.2, 0.25) is 0 Å². The van der Waals surface area contributed by atoms with Gasteiger partial charge < -0.3 is 10.6 Å². The number of aliphatic imine (C=N–C) groups is 1. The first kappa shape index (κ1) is 16.0. The van der Waals surface area contributed by atoms with Gasteiger partial charge in [0, 0.05) is 30.4 Å². The van der Waals surface area contributed by atoms with Gasteiger partial charge in [0.25, 0.3) is 0 Å². The van der Waals surface area contributed by atoms with Crippen molar-refractivity contribution < 1.29 is 0 Å². The highest BCUT2D eigenvalue weighted by Gasteiger charge is 2.11. The molecule has 0 aliphatic carbocycles. The van der Waals surface area contributed by atoms with Gasteiger partial charge in [0.1, 0.15) is 0 Å². The molecule has 5 heteroatoms. The molecule has 0 aliphatic rings. The normalized spacial score (nSPS) is 12.6. The Morgan fingerprint density at radius 3 is 2.53 bits per heavy atom. The molecule has 4 nitrogen and oxygen atoms in total. The highest BCUT2D eigenvalue weighted by molar-refractivity contribution is 7.11. The molecule has 108 valence electrons. The van der Waals surface area contributed by atoms with Crippen LogP contribution in [-0.4, -0.2) is 30.1 Å². The molecule has 1 heterocycles. The van der Waals surface area contributed by atoms with E-state index in [1.54, 1.807) is 18.4 Å². The van der Waals surface area contributed by atoms with Crippen LogP contribution in [0.25, 0.3) is 0 Å². The van der Waals surface area contributed by atoms with E-state index in [1.165, 1.54) is 15.6 Å². The van der Waals surface area contributed by atoms with Gasteiger partial charge in [-0.3, -0.25) is 4.99 Å². The lowest BCUT2D eigenvalue weighted by molar-refractivity contribution is 0.501. The zero-order valence-electron chi connectivity index (χ0n) is 12.9. The molecule has 0 bridgehead atoms. The van der Waals surface area contributed by atoms with E-state index in [0.29, 0.717) is 0 Å². The van der Waals surface area contributed by atoms with E-state index in [4.69, 9.17) is 0 Å². The summed E-state index contributed by atoms with van der Waals surface area (Å²) >= 11 is 1.80. The number of nitrogens with one attached hydrogen (secondary N) is 2. The molecule has 2 N–H and O–H groups in total. The summed E-state index contributed by atoms with van der Waals surface area (Å²) in [6, 6.07) is 0. The maximum atomic E-state index is 4.64. The zero-order chi connectivity index (χ0) is 14.5. The topological polar surface area (TPSA) is 49.3 Å². The molecule has 0 saturated carbocycles. The SMILES string of the molecule is CCc1nc(CCNC(=NC)NC(C)(C)C)sc1C. The lowest BCUT2D eigenvalue weighted by Gasteiger charge is -2.23. The molecule has 1 aromatic rings. The van der Waals surface area contributed by atoms with Crippen molar-refractivity contribution in [2.24, 2.45) is 4.99 Å². The van der Waals surface area contributed by atoms with E-state index < -0.39 is 0 Å². The predicted molar refractivity (Wildman–Crippen MR) is 84.2 cm³/mol. The Balaban J connectivity index is 2.44. The van der Waals surface area contributed by atoms with Gasteiger partial charge in [-0.05, 0) is 34.1 Å². The van der Waals surface area contributed by atoms with Gasteiger partial charge in [-0.2, -0.15) is 0 Å². The second kappa shape index (κ2) is 6.89. The summed E-state index contributed by atoms with van der Waals surface area (Å²) in [7, 11) is 1.80. The van der Waals surface area contributed by atoms with Crippen LogP contribution in [0.3, 0.4) is 0 Å². The monoisotopic (exact) mass is 282 g/mol. The summed E-state index contributed by atoms with van der Waals surface area (Å²) < 4.78 is 0. The van der Waals surface area contributed by atoms with Gasteiger partial charge in [0.15, 0.2) is 5.96 Å². The number of aromatic nitrogens is 1. The smallest absolute Gasteiger partial charge is 0.191 e. The van der Waals surface area contributed by atoms with Crippen molar-refractivity contribution in [3.8, 4) is 0 Å². The van der Waals surface area contributed by atoms with E-state index in [9.17, 15) is 0 Å². The first-order valence-corrected chi connectivity index (χ1v) is 7.61. The summed E-state index contributed by atoms with van der Waals surface area (Å²) in [5, 5.41) is 7.87. The third-order valence-electron chi connectivity index (χ3n) is 2.62. The minimum absolute atomic E-state index is 0.0228. The van der Waals surface area contributed by atoms with Crippen molar-refractivity contribution in [1.82, 2.24) is 15.6 Å². The van der Waals surface area contributed by atoms with Crippen LogP contribution in [0.15, 0.2) is 4.99 Å². The van der Waals surface area contributed by atoms with E-state index in [1.807, 2.05) is 0 Å².